The number of rotatable bonds is 6. The first-order valence-electron chi connectivity index (χ1n) is 7.33. The van der Waals surface area contributed by atoms with Crippen LogP contribution in [0.5, 0.6) is 11.5 Å². The molecule has 2 rings (SSSR count). The van der Waals surface area contributed by atoms with E-state index in [0.717, 1.165) is 12.8 Å². The number of amides is 1. The second kappa shape index (κ2) is 7.47. The lowest BCUT2D eigenvalue weighted by atomic mass is 9.81. The predicted molar refractivity (Wildman–Crippen MR) is 81.5 cm³/mol. The van der Waals surface area contributed by atoms with Gasteiger partial charge in [0.25, 0.3) is 5.91 Å². The van der Waals surface area contributed by atoms with Gasteiger partial charge in [0.1, 0.15) is 0 Å². The van der Waals surface area contributed by atoms with E-state index in [1.165, 1.54) is 7.11 Å². The number of ether oxygens (including phenoxy) is 3. The lowest BCUT2D eigenvalue weighted by Gasteiger charge is -2.35. The first kappa shape index (κ1) is 16.6. The monoisotopic (exact) mass is 309 g/mol. The van der Waals surface area contributed by atoms with Crippen molar-refractivity contribution in [2.24, 2.45) is 5.41 Å². The van der Waals surface area contributed by atoms with Gasteiger partial charge in [0, 0.05) is 30.7 Å². The smallest absolute Gasteiger partial charge is 0.251 e. The van der Waals surface area contributed by atoms with Gasteiger partial charge in [0.15, 0.2) is 11.5 Å². The summed E-state index contributed by atoms with van der Waals surface area (Å²) in [5.41, 5.74) is 0.211. The number of carbonyl (C=O) groups is 1. The van der Waals surface area contributed by atoms with E-state index in [-0.39, 0.29) is 17.9 Å². The van der Waals surface area contributed by atoms with Crippen LogP contribution in [0.3, 0.4) is 0 Å². The van der Waals surface area contributed by atoms with Crippen LogP contribution in [0, 0.1) is 5.41 Å². The fourth-order valence-corrected chi connectivity index (χ4v) is 2.54. The second-order valence-corrected chi connectivity index (χ2v) is 5.52. The molecule has 2 N–H and O–H groups in total. The van der Waals surface area contributed by atoms with Gasteiger partial charge in [-0.05, 0) is 31.0 Å². The summed E-state index contributed by atoms with van der Waals surface area (Å²) in [5, 5.41) is 12.5. The Morgan fingerprint density at radius 2 is 1.95 bits per heavy atom. The van der Waals surface area contributed by atoms with E-state index in [1.807, 2.05) is 0 Å². The molecule has 0 bridgehead atoms. The number of nitrogens with one attached hydrogen (secondary N) is 1. The normalized spacial score (nSPS) is 16.9. The summed E-state index contributed by atoms with van der Waals surface area (Å²) < 4.78 is 15.7. The molecule has 22 heavy (non-hydrogen) atoms. The Labute approximate surface area is 130 Å². The number of aliphatic hydroxyl groups is 1. The highest BCUT2D eigenvalue weighted by atomic mass is 16.5. The first-order chi connectivity index (χ1) is 10.6. The summed E-state index contributed by atoms with van der Waals surface area (Å²) >= 11 is 0. The van der Waals surface area contributed by atoms with Crippen LogP contribution in [0.2, 0.25) is 0 Å². The topological polar surface area (TPSA) is 77.0 Å². The van der Waals surface area contributed by atoms with Crippen LogP contribution in [-0.2, 0) is 4.74 Å². The molecule has 0 atom stereocenters. The number of aliphatic hydroxyl groups excluding tert-OH is 1. The number of hydrogen-bond donors (Lipinski definition) is 2. The van der Waals surface area contributed by atoms with E-state index in [4.69, 9.17) is 14.2 Å². The Bertz CT molecular complexity index is 511. The minimum absolute atomic E-state index is 0.0442. The molecule has 6 nitrogen and oxygen atoms in total. The molecule has 0 spiro atoms. The average Bonchev–Trinajstić information content (AvgIpc) is 2.59. The largest absolute Gasteiger partial charge is 0.493 e. The molecule has 1 aliphatic heterocycles. The van der Waals surface area contributed by atoms with Gasteiger partial charge < -0.3 is 24.6 Å². The number of methoxy groups -OCH3 is 2. The summed E-state index contributed by atoms with van der Waals surface area (Å²) in [5.74, 6) is 0.897. The van der Waals surface area contributed by atoms with E-state index >= 15 is 0 Å². The molecular weight excluding hydrogens is 286 g/mol. The van der Waals surface area contributed by atoms with Gasteiger partial charge in [-0.3, -0.25) is 4.79 Å². The van der Waals surface area contributed by atoms with Crippen molar-refractivity contribution in [2.45, 2.75) is 12.8 Å². The highest BCUT2D eigenvalue weighted by Crippen LogP contribution is 2.30. The Morgan fingerprint density at radius 3 is 2.55 bits per heavy atom. The quantitative estimate of drug-likeness (QED) is 0.826. The van der Waals surface area contributed by atoms with E-state index in [9.17, 15) is 9.90 Å². The Balaban J connectivity index is 2.02. The highest BCUT2D eigenvalue weighted by Gasteiger charge is 2.32. The van der Waals surface area contributed by atoms with Crippen molar-refractivity contribution in [3.63, 3.8) is 0 Å². The van der Waals surface area contributed by atoms with Crippen LogP contribution >= 0.6 is 0 Å². The molecular formula is C16H23NO5. The van der Waals surface area contributed by atoms with Crippen LogP contribution in [0.1, 0.15) is 23.2 Å². The third-order valence-electron chi connectivity index (χ3n) is 4.16. The lowest BCUT2D eigenvalue weighted by molar-refractivity contribution is -0.0146. The molecule has 0 saturated carbocycles. The summed E-state index contributed by atoms with van der Waals surface area (Å²) in [6, 6.07) is 5.03. The zero-order chi connectivity index (χ0) is 16.0. The lowest BCUT2D eigenvalue weighted by Crippen LogP contribution is -2.43. The molecule has 0 aliphatic carbocycles. The van der Waals surface area contributed by atoms with Crippen LogP contribution in [-0.4, -0.2) is 51.6 Å². The minimum Gasteiger partial charge on any atom is -0.493 e. The van der Waals surface area contributed by atoms with Crippen molar-refractivity contribution >= 4 is 5.91 Å². The van der Waals surface area contributed by atoms with Crippen molar-refractivity contribution in [1.82, 2.24) is 5.32 Å². The van der Waals surface area contributed by atoms with E-state index in [2.05, 4.69) is 5.32 Å². The van der Waals surface area contributed by atoms with Crippen LogP contribution in [0.25, 0.3) is 0 Å². The maximum atomic E-state index is 12.3. The van der Waals surface area contributed by atoms with Gasteiger partial charge in [-0.2, -0.15) is 0 Å². The van der Waals surface area contributed by atoms with Crippen molar-refractivity contribution in [3.8, 4) is 11.5 Å². The summed E-state index contributed by atoms with van der Waals surface area (Å²) in [6.07, 6.45) is 1.49. The third-order valence-corrected chi connectivity index (χ3v) is 4.16. The second-order valence-electron chi connectivity index (χ2n) is 5.52. The molecule has 1 heterocycles. The number of benzene rings is 1. The molecule has 0 unspecified atom stereocenters. The van der Waals surface area contributed by atoms with Crippen molar-refractivity contribution in [3.05, 3.63) is 23.8 Å². The molecule has 1 aliphatic rings. The minimum atomic E-state index is -0.287. The number of carbonyl (C=O) groups excluding carboxylic acids is 1. The van der Waals surface area contributed by atoms with Gasteiger partial charge in [-0.15, -0.1) is 0 Å². The molecule has 1 aromatic carbocycles. The van der Waals surface area contributed by atoms with E-state index in [1.54, 1.807) is 25.3 Å². The molecule has 6 heteroatoms. The fourth-order valence-electron chi connectivity index (χ4n) is 2.54. The van der Waals surface area contributed by atoms with Crippen molar-refractivity contribution < 1.29 is 24.1 Å². The molecule has 1 fully saturated rings. The molecule has 1 aromatic rings. The average molecular weight is 309 g/mol. The Hall–Kier alpha value is -1.79. The maximum Gasteiger partial charge on any atom is 0.251 e. The summed E-state index contributed by atoms with van der Waals surface area (Å²) in [4.78, 5) is 12.3. The van der Waals surface area contributed by atoms with Gasteiger partial charge in [-0.1, -0.05) is 0 Å². The van der Waals surface area contributed by atoms with Crippen LogP contribution in [0.4, 0.5) is 0 Å². The molecule has 1 saturated heterocycles. The number of hydrogen-bond acceptors (Lipinski definition) is 5. The molecule has 122 valence electrons. The van der Waals surface area contributed by atoms with Crippen molar-refractivity contribution in [1.29, 1.82) is 0 Å². The molecule has 0 aromatic heterocycles. The van der Waals surface area contributed by atoms with Gasteiger partial charge >= 0.3 is 0 Å². The van der Waals surface area contributed by atoms with Gasteiger partial charge in [0.2, 0.25) is 0 Å². The summed E-state index contributed by atoms with van der Waals surface area (Å²) in [7, 11) is 3.08. The predicted octanol–water partition coefficient (Wildman–Crippen LogP) is 1.22. The fraction of sp³-hybridized carbons (Fsp3) is 0.562. The SMILES string of the molecule is COc1ccc(C(=O)NCC2(CO)CCOCC2)cc1OC. The van der Waals surface area contributed by atoms with Crippen LogP contribution in [0.15, 0.2) is 18.2 Å². The van der Waals surface area contributed by atoms with Gasteiger partial charge in [-0.25, -0.2) is 0 Å². The summed E-state index contributed by atoms with van der Waals surface area (Å²) in [6.45, 7) is 1.71. The first-order valence-corrected chi connectivity index (χ1v) is 7.33. The maximum absolute atomic E-state index is 12.3. The van der Waals surface area contributed by atoms with Gasteiger partial charge in [0.05, 0.1) is 20.8 Å². The van der Waals surface area contributed by atoms with E-state index in [0.29, 0.717) is 36.8 Å². The highest BCUT2D eigenvalue weighted by molar-refractivity contribution is 5.94. The van der Waals surface area contributed by atoms with Crippen molar-refractivity contribution in [2.75, 3.05) is 40.6 Å². The zero-order valence-corrected chi connectivity index (χ0v) is 13.1. The standard InChI is InChI=1S/C16H23NO5/c1-20-13-4-3-12(9-14(13)21-2)15(19)17-10-16(11-18)5-7-22-8-6-16/h3-4,9,18H,5-8,10-11H2,1-2H3,(H,17,19). The molecule has 1 amide bonds. The van der Waals surface area contributed by atoms with Crippen LogP contribution < -0.4 is 14.8 Å². The Kier molecular flexibility index (Phi) is 5.63. The third kappa shape index (κ3) is 3.69. The van der Waals surface area contributed by atoms with E-state index < -0.39 is 0 Å². The Morgan fingerprint density at radius 1 is 1.27 bits per heavy atom. The molecule has 0 radical (unpaired) electrons. The zero-order valence-electron chi connectivity index (χ0n) is 13.1.